The summed E-state index contributed by atoms with van der Waals surface area (Å²) in [7, 11) is 0. The van der Waals surface area contributed by atoms with Gasteiger partial charge in [-0.3, -0.25) is 0 Å². The highest BCUT2D eigenvalue weighted by Gasteiger charge is 2.25. The molecular formula is C16H14N4O4. The van der Waals surface area contributed by atoms with E-state index < -0.39 is 4.92 Å². The minimum absolute atomic E-state index is 0.0947. The van der Waals surface area contributed by atoms with Gasteiger partial charge in [0.15, 0.2) is 11.5 Å². The van der Waals surface area contributed by atoms with Gasteiger partial charge >= 0.3 is 5.82 Å². The fraction of sp³-hybridized carbons (Fsp3) is 0.188. The summed E-state index contributed by atoms with van der Waals surface area (Å²) in [5.74, 6) is 1.49. The smallest absolute Gasteiger partial charge is 0.372 e. The van der Waals surface area contributed by atoms with Gasteiger partial charge < -0.3 is 24.9 Å². The number of para-hydroxylation sites is 2. The Kier molecular flexibility index (Phi) is 3.42. The van der Waals surface area contributed by atoms with E-state index >= 15 is 0 Å². The van der Waals surface area contributed by atoms with E-state index in [1.807, 2.05) is 24.3 Å². The van der Waals surface area contributed by atoms with Gasteiger partial charge in [0, 0.05) is 6.07 Å². The zero-order chi connectivity index (χ0) is 16.5. The Balaban J connectivity index is 1.53. The number of fused-ring (bicyclic) bond motifs is 2. The standard InChI is InChI=1S/C16H14N4O4/c21-20(22)16-15(18-14-7-3-4-8-19(14)16)17-9-11-10-23-12-5-1-2-6-13(12)24-11/h1-8,11,17H,9-10H2/t11-/m1/s1. The molecule has 0 saturated carbocycles. The summed E-state index contributed by atoms with van der Waals surface area (Å²) < 4.78 is 12.9. The summed E-state index contributed by atoms with van der Waals surface area (Å²) in [5.41, 5.74) is 0.512. The summed E-state index contributed by atoms with van der Waals surface area (Å²) in [6.45, 7) is 0.713. The van der Waals surface area contributed by atoms with Crippen LogP contribution in [0.25, 0.3) is 5.65 Å². The molecule has 8 nitrogen and oxygen atoms in total. The van der Waals surface area contributed by atoms with Gasteiger partial charge in [-0.15, -0.1) is 0 Å². The summed E-state index contributed by atoms with van der Waals surface area (Å²) in [6.07, 6.45) is 1.35. The van der Waals surface area contributed by atoms with Crippen LogP contribution in [0.15, 0.2) is 48.7 Å². The van der Waals surface area contributed by atoms with Crippen molar-refractivity contribution in [3.05, 3.63) is 58.8 Å². The largest absolute Gasteiger partial charge is 0.486 e. The van der Waals surface area contributed by atoms with Crippen LogP contribution in [0.3, 0.4) is 0 Å². The topological polar surface area (TPSA) is 90.9 Å². The van der Waals surface area contributed by atoms with Crippen molar-refractivity contribution in [1.82, 2.24) is 9.38 Å². The Morgan fingerprint density at radius 3 is 2.88 bits per heavy atom. The van der Waals surface area contributed by atoms with Crippen molar-refractivity contribution in [2.24, 2.45) is 0 Å². The van der Waals surface area contributed by atoms with Crippen molar-refractivity contribution < 1.29 is 14.4 Å². The lowest BCUT2D eigenvalue weighted by atomic mass is 10.2. The molecule has 1 N–H and O–H groups in total. The molecule has 3 heterocycles. The van der Waals surface area contributed by atoms with Crippen LogP contribution in [0, 0.1) is 10.1 Å². The second-order valence-corrected chi connectivity index (χ2v) is 5.35. The Bertz CT molecular complexity index is 908. The molecule has 8 heteroatoms. The summed E-state index contributed by atoms with van der Waals surface area (Å²) in [6, 6.07) is 12.6. The average molecular weight is 326 g/mol. The minimum atomic E-state index is -0.449. The molecule has 0 unspecified atom stereocenters. The van der Waals surface area contributed by atoms with Crippen molar-refractivity contribution in [3.8, 4) is 11.5 Å². The highest BCUT2D eigenvalue weighted by Crippen LogP contribution is 2.31. The van der Waals surface area contributed by atoms with Crippen LogP contribution >= 0.6 is 0 Å². The number of benzene rings is 1. The third-order valence-corrected chi connectivity index (χ3v) is 3.74. The molecule has 0 amide bonds. The number of hydrogen-bond donors (Lipinski definition) is 1. The van der Waals surface area contributed by atoms with Gasteiger partial charge in [0.25, 0.3) is 0 Å². The zero-order valence-corrected chi connectivity index (χ0v) is 12.6. The quantitative estimate of drug-likeness (QED) is 0.585. The van der Waals surface area contributed by atoms with E-state index in [1.165, 1.54) is 4.40 Å². The molecule has 0 radical (unpaired) electrons. The number of aromatic nitrogens is 2. The maximum absolute atomic E-state index is 11.4. The second-order valence-electron chi connectivity index (χ2n) is 5.35. The fourth-order valence-corrected chi connectivity index (χ4v) is 2.65. The minimum Gasteiger partial charge on any atom is -0.486 e. The molecule has 0 spiro atoms. The summed E-state index contributed by atoms with van der Waals surface area (Å²) >= 11 is 0. The van der Waals surface area contributed by atoms with E-state index in [-0.39, 0.29) is 17.7 Å². The number of ether oxygens (including phenoxy) is 2. The van der Waals surface area contributed by atoms with Crippen LogP contribution < -0.4 is 14.8 Å². The van der Waals surface area contributed by atoms with Crippen molar-refractivity contribution in [2.75, 3.05) is 18.5 Å². The van der Waals surface area contributed by atoms with Crippen molar-refractivity contribution >= 4 is 17.3 Å². The highest BCUT2D eigenvalue weighted by molar-refractivity contribution is 5.62. The maximum Gasteiger partial charge on any atom is 0.372 e. The van der Waals surface area contributed by atoms with E-state index in [9.17, 15) is 10.1 Å². The number of nitro groups is 1. The third-order valence-electron chi connectivity index (χ3n) is 3.74. The lowest BCUT2D eigenvalue weighted by Gasteiger charge is -2.26. The van der Waals surface area contributed by atoms with Crippen LogP contribution in [0.1, 0.15) is 0 Å². The van der Waals surface area contributed by atoms with E-state index in [4.69, 9.17) is 9.47 Å². The van der Waals surface area contributed by atoms with Crippen LogP contribution in [0.5, 0.6) is 11.5 Å². The molecule has 4 rings (SSSR count). The number of hydrogen-bond acceptors (Lipinski definition) is 6. The van der Waals surface area contributed by atoms with Crippen LogP contribution in [-0.2, 0) is 0 Å². The van der Waals surface area contributed by atoms with Crippen molar-refractivity contribution in [1.29, 1.82) is 0 Å². The number of anilines is 1. The first kappa shape index (κ1) is 14.3. The van der Waals surface area contributed by atoms with Crippen LogP contribution in [0.2, 0.25) is 0 Å². The predicted octanol–water partition coefficient (Wildman–Crippen LogP) is 2.49. The van der Waals surface area contributed by atoms with Gasteiger partial charge in [0.05, 0.1) is 12.7 Å². The van der Waals surface area contributed by atoms with E-state index in [0.29, 0.717) is 30.3 Å². The van der Waals surface area contributed by atoms with Crippen molar-refractivity contribution in [3.63, 3.8) is 0 Å². The van der Waals surface area contributed by atoms with Gasteiger partial charge in [-0.2, -0.15) is 9.38 Å². The van der Waals surface area contributed by atoms with Gasteiger partial charge in [-0.25, -0.2) is 0 Å². The van der Waals surface area contributed by atoms with Gasteiger partial charge in [0.1, 0.15) is 12.7 Å². The van der Waals surface area contributed by atoms with Gasteiger partial charge in [-0.05, 0) is 23.1 Å². The third kappa shape index (κ3) is 2.47. The highest BCUT2D eigenvalue weighted by atomic mass is 16.6. The first-order valence-corrected chi connectivity index (χ1v) is 7.46. The maximum atomic E-state index is 11.4. The number of nitrogens with zero attached hydrogens (tertiary/aromatic N) is 3. The lowest BCUT2D eigenvalue weighted by molar-refractivity contribution is -0.389. The summed E-state index contributed by atoms with van der Waals surface area (Å²) in [5, 5.41) is 14.4. The Morgan fingerprint density at radius 1 is 1.25 bits per heavy atom. The molecule has 1 aliphatic heterocycles. The molecule has 0 saturated heterocycles. The molecule has 1 aliphatic rings. The number of imidazole rings is 1. The van der Waals surface area contributed by atoms with Gasteiger partial charge in [0.2, 0.25) is 11.5 Å². The molecule has 0 fully saturated rings. The van der Waals surface area contributed by atoms with Gasteiger partial charge in [-0.1, -0.05) is 18.2 Å². The average Bonchev–Trinajstić information content (AvgIpc) is 2.98. The molecule has 2 aromatic heterocycles. The molecule has 1 atom stereocenters. The molecule has 0 aliphatic carbocycles. The molecule has 24 heavy (non-hydrogen) atoms. The first-order valence-electron chi connectivity index (χ1n) is 7.46. The lowest BCUT2D eigenvalue weighted by Crippen LogP contribution is -2.35. The predicted molar refractivity (Wildman–Crippen MR) is 86.7 cm³/mol. The molecule has 122 valence electrons. The second kappa shape index (κ2) is 5.73. The Labute approximate surface area is 136 Å². The van der Waals surface area contributed by atoms with Crippen LogP contribution in [-0.4, -0.2) is 33.6 Å². The van der Waals surface area contributed by atoms with Crippen molar-refractivity contribution in [2.45, 2.75) is 6.10 Å². The summed E-state index contributed by atoms with van der Waals surface area (Å²) in [4.78, 5) is 15.2. The SMILES string of the molecule is O=[N+]([O-])c1c(NC[C@@H]2COc3ccccc3O2)nc2ccccn12. The van der Waals surface area contributed by atoms with E-state index in [2.05, 4.69) is 10.3 Å². The van der Waals surface area contributed by atoms with E-state index in [1.54, 1.807) is 24.4 Å². The molecule has 1 aromatic carbocycles. The number of rotatable bonds is 4. The van der Waals surface area contributed by atoms with Crippen LogP contribution in [0.4, 0.5) is 11.6 Å². The monoisotopic (exact) mass is 326 g/mol. The number of nitrogens with one attached hydrogen (secondary N) is 1. The normalized spacial score (nSPS) is 16.1. The molecular weight excluding hydrogens is 312 g/mol. The Hall–Kier alpha value is -3.29. The Morgan fingerprint density at radius 2 is 2.04 bits per heavy atom. The fourth-order valence-electron chi connectivity index (χ4n) is 2.65. The van der Waals surface area contributed by atoms with E-state index in [0.717, 1.165) is 0 Å². The number of pyridine rings is 1. The molecule has 3 aromatic rings. The molecule has 0 bridgehead atoms. The zero-order valence-electron chi connectivity index (χ0n) is 12.6. The first-order chi connectivity index (χ1) is 11.7.